The maximum Gasteiger partial charge on any atom is 0.102 e. The monoisotopic (exact) mass is 305 g/mol. The van der Waals surface area contributed by atoms with E-state index < -0.39 is 0 Å². The Kier molecular flexibility index (Phi) is 11.5. The predicted molar refractivity (Wildman–Crippen MR) is 103 cm³/mol. The van der Waals surface area contributed by atoms with Crippen molar-refractivity contribution in [3.63, 3.8) is 0 Å². The fraction of sp³-hybridized carbons (Fsp3) is 0.773. The molecule has 0 nitrogen and oxygen atoms in total. The van der Waals surface area contributed by atoms with Crippen LogP contribution in [0.5, 0.6) is 0 Å². The summed E-state index contributed by atoms with van der Waals surface area (Å²) in [6, 6.07) is 0. The van der Waals surface area contributed by atoms with Crippen LogP contribution in [0.2, 0.25) is 0 Å². The molecule has 0 amide bonds. The van der Waals surface area contributed by atoms with E-state index in [4.69, 9.17) is 0 Å². The SMILES string of the molecule is C=C(CC)[C+](C)C(CCCCCC)C(C=C(C)C)C(C)CC. The van der Waals surface area contributed by atoms with Crippen LogP contribution in [-0.4, -0.2) is 0 Å². The summed E-state index contributed by atoms with van der Waals surface area (Å²) in [5.74, 6) is 3.64. The maximum absolute atomic E-state index is 4.33. The van der Waals surface area contributed by atoms with Crippen molar-refractivity contribution in [3.05, 3.63) is 29.7 Å². The van der Waals surface area contributed by atoms with Crippen LogP contribution in [0.25, 0.3) is 0 Å². The molecule has 0 aromatic heterocycles. The summed E-state index contributed by atoms with van der Waals surface area (Å²) in [6.07, 6.45) is 11.6. The van der Waals surface area contributed by atoms with Gasteiger partial charge < -0.3 is 0 Å². The van der Waals surface area contributed by atoms with Gasteiger partial charge >= 0.3 is 0 Å². The Morgan fingerprint density at radius 2 is 1.73 bits per heavy atom. The summed E-state index contributed by atoms with van der Waals surface area (Å²) in [6.45, 7) is 20.4. The molecule has 0 aliphatic heterocycles. The van der Waals surface area contributed by atoms with E-state index in [0.717, 1.165) is 12.3 Å². The highest BCUT2D eigenvalue weighted by molar-refractivity contribution is 5.23. The zero-order valence-corrected chi connectivity index (χ0v) is 16.5. The van der Waals surface area contributed by atoms with E-state index in [1.165, 1.54) is 49.7 Å². The normalized spacial score (nSPS) is 15.0. The van der Waals surface area contributed by atoms with Gasteiger partial charge in [0, 0.05) is 25.8 Å². The van der Waals surface area contributed by atoms with E-state index in [0.29, 0.717) is 11.8 Å². The standard InChI is InChI=1S/C22H41/c1-9-12-13-14-15-21(20(8)18(6)10-2)22(16-17(4)5)19(7)11-3/h16,19,21-22H,6,9-15H2,1-5,7-8H3/q+1. The average molecular weight is 306 g/mol. The third-order valence-electron chi connectivity index (χ3n) is 5.20. The predicted octanol–water partition coefficient (Wildman–Crippen LogP) is 7.76. The molecule has 128 valence electrons. The lowest BCUT2D eigenvalue weighted by Crippen LogP contribution is -2.26. The Balaban J connectivity index is 5.19. The largest absolute Gasteiger partial charge is 0.102 e. The van der Waals surface area contributed by atoms with E-state index in [-0.39, 0.29) is 0 Å². The van der Waals surface area contributed by atoms with E-state index in [1.807, 2.05) is 0 Å². The summed E-state index contributed by atoms with van der Waals surface area (Å²) < 4.78 is 0. The molecule has 0 saturated heterocycles. The first-order valence-electron chi connectivity index (χ1n) is 9.55. The summed E-state index contributed by atoms with van der Waals surface area (Å²) in [5.41, 5.74) is 2.81. The molecule has 0 fully saturated rings. The van der Waals surface area contributed by atoms with Gasteiger partial charge in [0.2, 0.25) is 0 Å². The number of unbranched alkanes of at least 4 members (excludes halogenated alkanes) is 3. The quantitative estimate of drug-likeness (QED) is 0.196. The molecule has 0 aromatic rings. The molecule has 0 radical (unpaired) electrons. The van der Waals surface area contributed by atoms with E-state index in [9.17, 15) is 0 Å². The molecule has 3 atom stereocenters. The smallest absolute Gasteiger partial charge is 0.0801 e. The summed E-state index contributed by atoms with van der Waals surface area (Å²) in [5, 5.41) is 0. The number of hydrogen-bond acceptors (Lipinski definition) is 0. The molecule has 0 bridgehead atoms. The van der Waals surface area contributed by atoms with Crippen LogP contribution in [0.15, 0.2) is 23.8 Å². The van der Waals surface area contributed by atoms with Gasteiger partial charge in [-0.3, -0.25) is 0 Å². The van der Waals surface area contributed by atoms with E-state index in [1.54, 1.807) is 5.92 Å². The highest BCUT2D eigenvalue weighted by Gasteiger charge is 2.34. The highest BCUT2D eigenvalue weighted by Crippen LogP contribution is 2.39. The lowest BCUT2D eigenvalue weighted by atomic mass is 9.70. The second-order valence-corrected chi connectivity index (χ2v) is 7.30. The van der Waals surface area contributed by atoms with Gasteiger partial charge in [-0.1, -0.05) is 71.4 Å². The van der Waals surface area contributed by atoms with Gasteiger partial charge in [0.1, 0.15) is 5.57 Å². The number of hydrogen-bond donors (Lipinski definition) is 0. The van der Waals surface area contributed by atoms with Gasteiger partial charge in [0.25, 0.3) is 0 Å². The number of rotatable bonds is 12. The molecule has 0 aromatic carbocycles. The Bertz CT molecular complexity index is 319. The second kappa shape index (κ2) is 11.9. The van der Waals surface area contributed by atoms with Crippen molar-refractivity contribution in [2.75, 3.05) is 0 Å². The fourth-order valence-corrected chi connectivity index (χ4v) is 3.36. The van der Waals surface area contributed by atoms with Crippen molar-refractivity contribution in [1.29, 1.82) is 0 Å². The van der Waals surface area contributed by atoms with Gasteiger partial charge in [-0.25, -0.2) is 0 Å². The van der Waals surface area contributed by atoms with Gasteiger partial charge in [-0.05, 0) is 26.2 Å². The fourth-order valence-electron chi connectivity index (χ4n) is 3.36. The zero-order chi connectivity index (χ0) is 17.1. The molecule has 0 N–H and O–H groups in total. The Morgan fingerprint density at radius 1 is 1.09 bits per heavy atom. The van der Waals surface area contributed by atoms with E-state index in [2.05, 4.69) is 61.1 Å². The van der Waals surface area contributed by atoms with Crippen LogP contribution in [-0.2, 0) is 0 Å². The Hall–Kier alpha value is -0.650. The molecule has 22 heavy (non-hydrogen) atoms. The van der Waals surface area contributed by atoms with Crippen molar-refractivity contribution >= 4 is 0 Å². The molecule has 0 heteroatoms. The van der Waals surface area contributed by atoms with Gasteiger partial charge in [-0.2, -0.15) is 0 Å². The molecular formula is C22H41+. The van der Waals surface area contributed by atoms with E-state index >= 15 is 0 Å². The summed E-state index contributed by atoms with van der Waals surface area (Å²) in [4.78, 5) is 0. The molecule has 0 saturated carbocycles. The van der Waals surface area contributed by atoms with Crippen molar-refractivity contribution in [1.82, 2.24) is 0 Å². The van der Waals surface area contributed by atoms with Crippen molar-refractivity contribution in [3.8, 4) is 0 Å². The molecule has 0 aliphatic carbocycles. The van der Waals surface area contributed by atoms with Crippen molar-refractivity contribution < 1.29 is 0 Å². The maximum atomic E-state index is 4.33. The van der Waals surface area contributed by atoms with Crippen LogP contribution in [0.4, 0.5) is 0 Å². The average Bonchev–Trinajstić information content (AvgIpc) is 2.50. The molecule has 0 heterocycles. The molecule has 0 rings (SSSR count). The first-order chi connectivity index (χ1) is 10.4. The minimum Gasteiger partial charge on any atom is -0.0801 e. The Morgan fingerprint density at radius 3 is 2.18 bits per heavy atom. The third-order valence-corrected chi connectivity index (χ3v) is 5.20. The minimum absolute atomic E-state index is 0.667. The summed E-state index contributed by atoms with van der Waals surface area (Å²) >= 11 is 0. The van der Waals surface area contributed by atoms with Gasteiger partial charge in [0.15, 0.2) is 0 Å². The first-order valence-corrected chi connectivity index (χ1v) is 9.55. The van der Waals surface area contributed by atoms with Gasteiger partial charge in [-0.15, -0.1) is 0 Å². The first kappa shape index (κ1) is 21.4. The van der Waals surface area contributed by atoms with Crippen LogP contribution >= 0.6 is 0 Å². The van der Waals surface area contributed by atoms with Gasteiger partial charge in [0.05, 0.1) is 11.8 Å². The summed E-state index contributed by atoms with van der Waals surface area (Å²) in [7, 11) is 0. The molecule has 0 spiro atoms. The second-order valence-electron chi connectivity index (χ2n) is 7.30. The van der Waals surface area contributed by atoms with Crippen LogP contribution in [0.3, 0.4) is 0 Å². The van der Waals surface area contributed by atoms with Crippen molar-refractivity contribution in [2.24, 2.45) is 17.8 Å². The lowest BCUT2D eigenvalue weighted by Gasteiger charge is -2.31. The minimum atomic E-state index is 0.667. The highest BCUT2D eigenvalue weighted by atomic mass is 14.3. The van der Waals surface area contributed by atoms with Crippen LogP contribution in [0.1, 0.15) is 93.4 Å². The molecule has 0 aliphatic rings. The van der Waals surface area contributed by atoms with Crippen LogP contribution in [0, 0.1) is 23.7 Å². The third kappa shape index (κ3) is 7.56. The number of allylic oxidation sites excluding steroid dienone is 3. The molecule has 3 unspecified atom stereocenters. The van der Waals surface area contributed by atoms with Crippen LogP contribution < -0.4 is 0 Å². The Labute approximate surface area is 141 Å². The topological polar surface area (TPSA) is 0 Å². The molecular weight excluding hydrogens is 264 g/mol. The zero-order valence-electron chi connectivity index (χ0n) is 16.5. The lowest BCUT2D eigenvalue weighted by molar-refractivity contribution is 0.280. The van der Waals surface area contributed by atoms with Crippen molar-refractivity contribution in [2.45, 2.75) is 93.4 Å².